The van der Waals surface area contributed by atoms with E-state index in [2.05, 4.69) is 6.92 Å². The summed E-state index contributed by atoms with van der Waals surface area (Å²) in [6.45, 7) is 9.30. The molecule has 2 saturated carbocycles. The molecule has 3 N–H and O–H groups in total. The third kappa shape index (κ3) is 3.41. The van der Waals surface area contributed by atoms with E-state index in [-0.39, 0.29) is 18.3 Å². The zero-order valence-corrected chi connectivity index (χ0v) is 20.8. The van der Waals surface area contributed by atoms with Crippen molar-refractivity contribution in [1.29, 1.82) is 0 Å². The molecule has 0 aromatic heterocycles. The molecule has 6 nitrogen and oxygen atoms in total. The Hall–Kier alpha value is -2.02. The second-order valence-electron chi connectivity index (χ2n) is 11.2. The minimum absolute atomic E-state index is 0.0168. The average Bonchev–Trinajstić information content (AvgIpc) is 3.15. The fraction of sp³-hybridized carbons (Fsp3) is 0.643. The van der Waals surface area contributed by atoms with Gasteiger partial charge in [0.05, 0.1) is 12.2 Å². The van der Waals surface area contributed by atoms with E-state index in [1.54, 1.807) is 26.0 Å². The molecule has 0 spiro atoms. The first-order valence-electron chi connectivity index (χ1n) is 12.5. The van der Waals surface area contributed by atoms with Gasteiger partial charge in [0.25, 0.3) is 0 Å². The maximum absolute atomic E-state index is 13.0. The van der Waals surface area contributed by atoms with Crippen LogP contribution in [0.25, 0.3) is 0 Å². The minimum atomic E-state index is -1.41. The quantitative estimate of drug-likeness (QED) is 0.238. The molecular weight excluding hydrogens is 432 g/mol. The summed E-state index contributed by atoms with van der Waals surface area (Å²) in [5.74, 6) is -3.02. The summed E-state index contributed by atoms with van der Waals surface area (Å²) >= 11 is 0. The van der Waals surface area contributed by atoms with Crippen LogP contribution in [-0.2, 0) is 14.3 Å². The molecule has 0 heterocycles. The van der Waals surface area contributed by atoms with Crippen molar-refractivity contribution in [3.8, 4) is 0 Å². The highest BCUT2D eigenvalue weighted by Crippen LogP contribution is 2.75. The van der Waals surface area contributed by atoms with Gasteiger partial charge in [0.15, 0.2) is 5.78 Å². The number of aliphatic hydroxyl groups is 3. The Kier molecular flexibility index (Phi) is 6.33. The second kappa shape index (κ2) is 8.58. The van der Waals surface area contributed by atoms with Gasteiger partial charge in [0.1, 0.15) is 11.7 Å². The minimum Gasteiger partial charge on any atom is -0.456 e. The third-order valence-corrected chi connectivity index (χ3v) is 9.11. The number of hydrogen-bond donors (Lipinski definition) is 3. The molecule has 0 aliphatic heterocycles. The highest BCUT2D eigenvalue weighted by atomic mass is 16.6. The lowest BCUT2D eigenvalue weighted by molar-refractivity contribution is -0.207. The van der Waals surface area contributed by atoms with E-state index in [0.29, 0.717) is 17.6 Å². The number of allylic oxidation sites excluding steroid dienone is 4. The highest BCUT2D eigenvalue weighted by molar-refractivity contribution is 6.00. The molecule has 0 bridgehead atoms. The summed E-state index contributed by atoms with van der Waals surface area (Å²) in [6.07, 6.45) is 11.8. The number of carbonyl (C=O) groups excluding carboxylic acids is 2. The van der Waals surface area contributed by atoms with E-state index in [9.17, 15) is 24.9 Å². The molecule has 2 fully saturated rings. The number of Topliss-reactive ketones (excluding diaryl/α,β-unsaturated/α-hetero) is 1. The Bertz CT molecular complexity index is 987. The normalized spacial score (nSPS) is 42.5. The highest BCUT2D eigenvalue weighted by Gasteiger charge is 2.84. The van der Waals surface area contributed by atoms with Crippen molar-refractivity contribution in [2.24, 2.45) is 35.0 Å². The first-order chi connectivity index (χ1) is 16.0. The number of aliphatic hydroxyl groups excluding tert-OH is 1. The van der Waals surface area contributed by atoms with Crippen LogP contribution < -0.4 is 0 Å². The maximum atomic E-state index is 13.0. The molecule has 0 unspecified atom stereocenters. The van der Waals surface area contributed by atoms with Crippen molar-refractivity contribution in [3.05, 3.63) is 47.6 Å². The van der Waals surface area contributed by atoms with Gasteiger partial charge in [-0.05, 0) is 30.9 Å². The lowest BCUT2D eigenvalue weighted by Crippen LogP contribution is -2.62. The van der Waals surface area contributed by atoms with Gasteiger partial charge in [0, 0.05) is 41.1 Å². The molecule has 4 aliphatic carbocycles. The number of unbranched alkanes of at least 4 members (excludes halogenated alkanes) is 1. The van der Waals surface area contributed by atoms with Crippen molar-refractivity contribution < 1.29 is 29.6 Å². The average molecular weight is 471 g/mol. The van der Waals surface area contributed by atoms with Crippen LogP contribution in [0.4, 0.5) is 0 Å². The van der Waals surface area contributed by atoms with Crippen LogP contribution in [0.2, 0.25) is 0 Å². The van der Waals surface area contributed by atoms with Crippen LogP contribution in [0, 0.1) is 35.0 Å². The zero-order chi connectivity index (χ0) is 25.1. The molecule has 8 atom stereocenters. The summed E-state index contributed by atoms with van der Waals surface area (Å²) in [4.78, 5) is 25.7. The van der Waals surface area contributed by atoms with E-state index in [0.717, 1.165) is 12.8 Å². The lowest BCUT2D eigenvalue weighted by atomic mass is 9.60. The van der Waals surface area contributed by atoms with Gasteiger partial charge in [-0.2, -0.15) is 0 Å². The van der Waals surface area contributed by atoms with Gasteiger partial charge in [-0.3, -0.25) is 4.79 Å². The number of rotatable bonds is 6. The van der Waals surface area contributed by atoms with Crippen LogP contribution in [-0.4, -0.2) is 51.0 Å². The smallest absolute Gasteiger partial charge is 0.331 e. The molecule has 6 heteroatoms. The Morgan fingerprint density at radius 3 is 2.56 bits per heavy atom. The Morgan fingerprint density at radius 1 is 1.21 bits per heavy atom. The summed E-state index contributed by atoms with van der Waals surface area (Å²) in [7, 11) is 0. The van der Waals surface area contributed by atoms with Crippen molar-refractivity contribution in [2.75, 3.05) is 6.61 Å². The van der Waals surface area contributed by atoms with Gasteiger partial charge in [-0.15, -0.1) is 0 Å². The Labute approximate surface area is 202 Å². The molecule has 4 rings (SSSR count). The van der Waals surface area contributed by atoms with Crippen molar-refractivity contribution >= 4 is 11.8 Å². The first-order valence-corrected chi connectivity index (χ1v) is 12.5. The summed E-state index contributed by atoms with van der Waals surface area (Å²) in [6, 6.07) is 0. The number of ketones is 1. The molecular formula is C28H38O6. The number of fused-ring (bicyclic) bond motifs is 5. The van der Waals surface area contributed by atoms with Gasteiger partial charge >= 0.3 is 5.97 Å². The predicted molar refractivity (Wildman–Crippen MR) is 128 cm³/mol. The van der Waals surface area contributed by atoms with E-state index in [4.69, 9.17) is 4.74 Å². The van der Waals surface area contributed by atoms with Gasteiger partial charge in [-0.25, -0.2) is 4.79 Å². The van der Waals surface area contributed by atoms with Crippen LogP contribution in [0.1, 0.15) is 53.9 Å². The molecule has 186 valence electrons. The summed E-state index contributed by atoms with van der Waals surface area (Å²) < 4.78 is 5.87. The molecule has 4 aliphatic rings. The molecule has 0 radical (unpaired) electrons. The second-order valence-corrected chi connectivity index (χ2v) is 11.2. The van der Waals surface area contributed by atoms with Crippen LogP contribution in [0.5, 0.6) is 0 Å². The van der Waals surface area contributed by atoms with Gasteiger partial charge in [0.2, 0.25) is 0 Å². The Balaban J connectivity index is 1.73. The van der Waals surface area contributed by atoms with E-state index >= 15 is 0 Å². The molecule has 34 heavy (non-hydrogen) atoms. The number of esters is 1. The van der Waals surface area contributed by atoms with Crippen molar-refractivity contribution in [2.45, 2.75) is 71.2 Å². The monoisotopic (exact) mass is 470 g/mol. The van der Waals surface area contributed by atoms with Crippen LogP contribution >= 0.6 is 0 Å². The summed E-state index contributed by atoms with van der Waals surface area (Å²) in [5.41, 5.74) is -2.02. The predicted octanol–water partition coefficient (Wildman–Crippen LogP) is 3.28. The topological polar surface area (TPSA) is 104 Å². The third-order valence-electron chi connectivity index (χ3n) is 9.11. The number of ether oxygens (including phenoxy) is 1. The van der Waals surface area contributed by atoms with Gasteiger partial charge < -0.3 is 20.1 Å². The fourth-order valence-corrected chi connectivity index (χ4v) is 7.18. The van der Waals surface area contributed by atoms with E-state index in [1.165, 1.54) is 6.08 Å². The first kappa shape index (κ1) is 25.1. The van der Waals surface area contributed by atoms with Crippen molar-refractivity contribution in [1.82, 2.24) is 0 Å². The standard InChI is InChI=1S/C28H38O6/c1-6-7-8-9-10-11-22(30)34-25-17(3)27(32)20-12-16(2)23(31)19(20)13-18(15-29)14-21(27)24-26(4,5)28(24,25)33/h8-12,14,17,19-21,24-25,29,32-33H,6-7,13,15H2,1-5H3/b9-8+,11-10?/t17-,19-,20-,21+,24-,25-,27+,28-/m1/s1. The molecule has 0 saturated heterocycles. The molecule has 0 amide bonds. The fourth-order valence-electron chi connectivity index (χ4n) is 7.18. The number of hydrogen-bond acceptors (Lipinski definition) is 6. The van der Waals surface area contributed by atoms with E-state index in [1.807, 2.05) is 32.1 Å². The summed E-state index contributed by atoms with van der Waals surface area (Å²) in [5, 5.41) is 34.3. The molecule has 0 aromatic rings. The Morgan fingerprint density at radius 2 is 1.91 bits per heavy atom. The van der Waals surface area contributed by atoms with Gasteiger partial charge in [-0.1, -0.05) is 64.5 Å². The SMILES string of the molecule is CCC/C=C/C=CC(=O)O[C@@H]1[C@@H](C)[C@]2(O)[C@@H]3C=C(C)C(=O)[C@@H]3CC(CO)=C[C@H]2[C@@H]2C(C)(C)[C@]12O. The number of carbonyl (C=O) groups is 2. The molecule has 0 aromatic carbocycles. The largest absolute Gasteiger partial charge is 0.456 e. The van der Waals surface area contributed by atoms with Crippen LogP contribution in [0.3, 0.4) is 0 Å². The van der Waals surface area contributed by atoms with E-state index < -0.39 is 52.4 Å². The maximum Gasteiger partial charge on any atom is 0.331 e. The lowest BCUT2D eigenvalue weighted by Gasteiger charge is -2.51. The zero-order valence-electron chi connectivity index (χ0n) is 20.8. The van der Waals surface area contributed by atoms with Crippen molar-refractivity contribution in [3.63, 3.8) is 0 Å². The van der Waals surface area contributed by atoms with Crippen LogP contribution in [0.15, 0.2) is 47.6 Å².